The Morgan fingerprint density at radius 2 is 2.33 bits per heavy atom. The van der Waals surface area contributed by atoms with Crippen LogP contribution < -0.4 is 5.32 Å². The maximum Gasteiger partial charge on any atom is 0.104 e. The zero-order chi connectivity index (χ0) is 6.69. The summed E-state index contributed by atoms with van der Waals surface area (Å²) < 4.78 is 12.7. The molecule has 1 unspecified atom stereocenters. The maximum absolute atomic E-state index is 12.7. The fourth-order valence-corrected chi connectivity index (χ4v) is 0.976. The molecular formula is C7H14FN. The Kier molecular flexibility index (Phi) is 2.46. The van der Waals surface area contributed by atoms with Gasteiger partial charge in [0.25, 0.3) is 0 Å². The highest BCUT2D eigenvalue weighted by molar-refractivity contribution is 4.81. The van der Waals surface area contributed by atoms with Gasteiger partial charge in [-0.2, -0.15) is 0 Å². The molecule has 0 aromatic rings. The molecule has 0 aliphatic heterocycles. The van der Waals surface area contributed by atoms with Crippen molar-refractivity contribution in [2.75, 3.05) is 13.6 Å². The molecule has 1 nitrogen and oxygen atoms in total. The van der Waals surface area contributed by atoms with Crippen LogP contribution >= 0.6 is 0 Å². The molecule has 2 heteroatoms. The second-order valence-corrected chi connectivity index (χ2v) is 2.75. The Hall–Kier alpha value is -0.110. The van der Waals surface area contributed by atoms with Crippen LogP contribution in [0.4, 0.5) is 4.39 Å². The minimum atomic E-state index is -0.530. The van der Waals surface area contributed by atoms with Crippen LogP contribution in [0.5, 0.6) is 0 Å². The molecule has 0 saturated heterocycles. The Morgan fingerprint density at radius 1 is 1.67 bits per heavy atom. The largest absolute Gasteiger partial charge is 0.320 e. The molecule has 1 atom stereocenters. The van der Waals surface area contributed by atoms with E-state index in [2.05, 4.69) is 5.32 Å². The van der Waals surface area contributed by atoms with E-state index >= 15 is 0 Å². The van der Waals surface area contributed by atoms with Crippen molar-refractivity contribution in [3.05, 3.63) is 0 Å². The number of hydrogen-bond donors (Lipinski definition) is 1. The highest BCUT2D eigenvalue weighted by Crippen LogP contribution is 2.35. The van der Waals surface area contributed by atoms with Crippen molar-refractivity contribution in [1.29, 1.82) is 0 Å². The third kappa shape index (κ3) is 2.31. The van der Waals surface area contributed by atoms with E-state index in [-0.39, 0.29) is 0 Å². The highest BCUT2D eigenvalue weighted by atomic mass is 19.1. The molecule has 1 saturated carbocycles. The zero-order valence-electron chi connectivity index (χ0n) is 5.86. The number of rotatable bonds is 4. The second kappa shape index (κ2) is 3.16. The Bertz CT molecular complexity index is 81.0. The van der Waals surface area contributed by atoms with Gasteiger partial charge in [0.2, 0.25) is 0 Å². The second-order valence-electron chi connectivity index (χ2n) is 2.75. The Labute approximate surface area is 55.6 Å². The minimum absolute atomic E-state index is 0.415. The van der Waals surface area contributed by atoms with Crippen LogP contribution in [0.15, 0.2) is 0 Å². The summed E-state index contributed by atoms with van der Waals surface area (Å²) in [4.78, 5) is 0. The van der Waals surface area contributed by atoms with E-state index in [0.717, 1.165) is 19.4 Å². The lowest BCUT2D eigenvalue weighted by molar-refractivity contribution is 0.278. The van der Waals surface area contributed by atoms with Crippen molar-refractivity contribution < 1.29 is 4.39 Å². The van der Waals surface area contributed by atoms with Gasteiger partial charge in [-0.1, -0.05) is 0 Å². The molecule has 9 heavy (non-hydrogen) atoms. The molecule has 0 amide bonds. The van der Waals surface area contributed by atoms with Crippen molar-refractivity contribution in [3.8, 4) is 0 Å². The minimum Gasteiger partial charge on any atom is -0.320 e. The molecule has 54 valence electrons. The first kappa shape index (κ1) is 7.00. The van der Waals surface area contributed by atoms with Crippen LogP contribution in [0.1, 0.15) is 19.3 Å². The third-order valence-corrected chi connectivity index (χ3v) is 1.80. The molecule has 0 spiro atoms. The standard InChI is InChI=1S/C7H14FN/c1-9-5-4-7(8)6-2-3-6/h6-7,9H,2-5H2,1H3. The fraction of sp³-hybridized carbons (Fsp3) is 1.00. The van der Waals surface area contributed by atoms with Crippen molar-refractivity contribution >= 4 is 0 Å². The van der Waals surface area contributed by atoms with Gasteiger partial charge in [0.1, 0.15) is 6.17 Å². The average Bonchev–Trinajstić information content (AvgIpc) is 2.63. The summed E-state index contributed by atoms with van der Waals surface area (Å²) in [6.45, 7) is 0.817. The van der Waals surface area contributed by atoms with Crippen LogP contribution in [-0.4, -0.2) is 19.8 Å². The van der Waals surface area contributed by atoms with Crippen LogP contribution in [-0.2, 0) is 0 Å². The summed E-state index contributed by atoms with van der Waals surface area (Å²) >= 11 is 0. The van der Waals surface area contributed by atoms with E-state index < -0.39 is 6.17 Å². The van der Waals surface area contributed by atoms with Gasteiger partial charge in [0, 0.05) is 0 Å². The van der Waals surface area contributed by atoms with Crippen LogP contribution in [0.3, 0.4) is 0 Å². The quantitative estimate of drug-likeness (QED) is 0.607. The van der Waals surface area contributed by atoms with Gasteiger partial charge in [-0.05, 0) is 38.8 Å². The van der Waals surface area contributed by atoms with Crippen LogP contribution in [0.2, 0.25) is 0 Å². The fourth-order valence-electron chi connectivity index (χ4n) is 0.976. The van der Waals surface area contributed by atoms with Gasteiger partial charge in [-0.25, -0.2) is 4.39 Å². The molecule has 1 aliphatic rings. The molecule has 0 aromatic carbocycles. The van der Waals surface area contributed by atoms with Crippen molar-refractivity contribution in [3.63, 3.8) is 0 Å². The summed E-state index contributed by atoms with van der Waals surface area (Å²) in [5.74, 6) is 0.415. The monoisotopic (exact) mass is 131 g/mol. The smallest absolute Gasteiger partial charge is 0.104 e. The van der Waals surface area contributed by atoms with Crippen molar-refractivity contribution in [1.82, 2.24) is 5.32 Å². The number of halogens is 1. The lowest BCUT2D eigenvalue weighted by Gasteiger charge is -2.03. The molecule has 1 rings (SSSR count). The zero-order valence-corrected chi connectivity index (χ0v) is 5.86. The van der Waals surface area contributed by atoms with E-state index in [4.69, 9.17) is 0 Å². The first-order valence-electron chi connectivity index (χ1n) is 3.63. The first-order chi connectivity index (χ1) is 4.34. The Morgan fingerprint density at radius 3 is 2.78 bits per heavy atom. The van der Waals surface area contributed by atoms with Gasteiger partial charge in [-0.15, -0.1) is 0 Å². The predicted molar refractivity (Wildman–Crippen MR) is 36.2 cm³/mol. The molecule has 0 bridgehead atoms. The van der Waals surface area contributed by atoms with Gasteiger partial charge >= 0.3 is 0 Å². The van der Waals surface area contributed by atoms with Crippen LogP contribution in [0, 0.1) is 5.92 Å². The third-order valence-electron chi connectivity index (χ3n) is 1.80. The highest BCUT2D eigenvalue weighted by Gasteiger charge is 2.30. The van der Waals surface area contributed by atoms with Crippen molar-refractivity contribution in [2.24, 2.45) is 5.92 Å². The number of alkyl halides is 1. The summed E-state index contributed by atoms with van der Waals surface area (Å²) in [5, 5.41) is 2.94. The van der Waals surface area contributed by atoms with E-state index in [1.807, 2.05) is 7.05 Å². The van der Waals surface area contributed by atoms with Gasteiger partial charge in [-0.3, -0.25) is 0 Å². The van der Waals surface area contributed by atoms with Gasteiger partial charge in [0.05, 0.1) is 0 Å². The SMILES string of the molecule is CNCCC(F)C1CC1. The van der Waals surface area contributed by atoms with Gasteiger partial charge < -0.3 is 5.32 Å². The maximum atomic E-state index is 12.7. The van der Waals surface area contributed by atoms with Crippen LogP contribution in [0.25, 0.3) is 0 Å². The normalized spacial score (nSPS) is 22.0. The van der Waals surface area contributed by atoms with Gasteiger partial charge in [0.15, 0.2) is 0 Å². The lowest BCUT2D eigenvalue weighted by Crippen LogP contribution is -2.14. The molecule has 1 fully saturated rings. The van der Waals surface area contributed by atoms with E-state index in [1.54, 1.807) is 0 Å². The lowest BCUT2D eigenvalue weighted by atomic mass is 10.2. The van der Waals surface area contributed by atoms with E-state index in [1.165, 1.54) is 0 Å². The summed E-state index contributed by atoms with van der Waals surface area (Å²) in [7, 11) is 1.86. The summed E-state index contributed by atoms with van der Waals surface area (Å²) in [5.41, 5.74) is 0. The predicted octanol–water partition coefficient (Wildman–Crippen LogP) is 1.34. The average molecular weight is 131 g/mol. The first-order valence-corrected chi connectivity index (χ1v) is 3.63. The Balaban J connectivity index is 1.96. The summed E-state index contributed by atoms with van der Waals surface area (Å²) in [6, 6.07) is 0. The number of hydrogen-bond acceptors (Lipinski definition) is 1. The topological polar surface area (TPSA) is 12.0 Å². The summed E-state index contributed by atoms with van der Waals surface area (Å²) in [6.07, 6.45) is 2.40. The molecule has 0 radical (unpaired) electrons. The van der Waals surface area contributed by atoms with E-state index in [0.29, 0.717) is 12.3 Å². The van der Waals surface area contributed by atoms with E-state index in [9.17, 15) is 4.39 Å². The molecule has 1 aliphatic carbocycles. The molecule has 0 aromatic heterocycles. The molecule has 0 heterocycles. The number of nitrogens with one attached hydrogen (secondary N) is 1. The molecule has 1 N–H and O–H groups in total. The molecular weight excluding hydrogens is 117 g/mol. The van der Waals surface area contributed by atoms with Crippen molar-refractivity contribution in [2.45, 2.75) is 25.4 Å².